The largest absolute Gasteiger partial charge is 0.497 e. The van der Waals surface area contributed by atoms with Gasteiger partial charge < -0.3 is 9.64 Å². The molecule has 0 unspecified atom stereocenters. The number of urea groups is 1. The van der Waals surface area contributed by atoms with Crippen LogP contribution in [0, 0.1) is 5.92 Å². The summed E-state index contributed by atoms with van der Waals surface area (Å²) in [5, 5.41) is 0. The number of piperidine rings is 1. The Morgan fingerprint density at radius 3 is 2.71 bits per heavy atom. The minimum absolute atomic E-state index is 0.0721. The zero-order valence-electron chi connectivity index (χ0n) is 18.0. The van der Waals surface area contributed by atoms with Crippen LogP contribution in [0.1, 0.15) is 35.6 Å². The highest BCUT2D eigenvalue weighted by Crippen LogP contribution is 2.40. The Morgan fingerprint density at radius 2 is 1.90 bits per heavy atom. The SMILES string of the molecule is COc1ccc2c(c1)CCN1CC[C@@H](CN3C(=O)CN(Cc4ccccc4)C3=O)C[C@@H]21. The summed E-state index contributed by atoms with van der Waals surface area (Å²) in [4.78, 5) is 31.3. The first-order chi connectivity index (χ1) is 15.1. The second kappa shape index (κ2) is 8.35. The predicted molar refractivity (Wildman–Crippen MR) is 118 cm³/mol. The minimum Gasteiger partial charge on any atom is -0.497 e. The van der Waals surface area contributed by atoms with Crippen LogP contribution in [-0.2, 0) is 17.8 Å². The van der Waals surface area contributed by atoms with E-state index in [-0.39, 0.29) is 18.5 Å². The third-order valence-electron chi connectivity index (χ3n) is 6.99. The van der Waals surface area contributed by atoms with Crippen LogP contribution in [0.25, 0.3) is 0 Å². The van der Waals surface area contributed by atoms with Gasteiger partial charge in [-0.25, -0.2) is 4.79 Å². The van der Waals surface area contributed by atoms with Crippen molar-refractivity contribution in [1.29, 1.82) is 0 Å². The number of rotatable bonds is 5. The molecule has 0 spiro atoms. The van der Waals surface area contributed by atoms with Crippen LogP contribution in [0.3, 0.4) is 0 Å². The van der Waals surface area contributed by atoms with Crippen molar-refractivity contribution in [3.05, 3.63) is 65.2 Å². The van der Waals surface area contributed by atoms with Crippen molar-refractivity contribution in [3.63, 3.8) is 0 Å². The minimum atomic E-state index is -0.148. The van der Waals surface area contributed by atoms with Crippen molar-refractivity contribution in [2.45, 2.75) is 31.8 Å². The van der Waals surface area contributed by atoms with Crippen LogP contribution in [0.4, 0.5) is 4.79 Å². The third-order valence-corrected chi connectivity index (χ3v) is 6.99. The quantitative estimate of drug-likeness (QED) is 0.697. The molecule has 0 aliphatic carbocycles. The van der Waals surface area contributed by atoms with Gasteiger partial charge >= 0.3 is 6.03 Å². The van der Waals surface area contributed by atoms with E-state index in [0.717, 1.165) is 43.7 Å². The van der Waals surface area contributed by atoms with E-state index in [0.29, 0.717) is 25.0 Å². The molecule has 5 rings (SSSR count). The van der Waals surface area contributed by atoms with Gasteiger partial charge in [-0.15, -0.1) is 0 Å². The highest BCUT2D eigenvalue weighted by Gasteiger charge is 2.40. The third kappa shape index (κ3) is 3.92. The van der Waals surface area contributed by atoms with Crippen molar-refractivity contribution >= 4 is 11.9 Å². The summed E-state index contributed by atoms with van der Waals surface area (Å²) in [6.45, 7) is 3.27. The molecular weight excluding hydrogens is 390 g/mol. The van der Waals surface area contributed by atoms with Crippen molar-refractivity contribution in [3.8, 4) is 5.75 Å². The molecule has 2 saturated heterocycles. The first kappa shape index (κ1) is 20.1. The van der Waals surface area contributed by atoms with Gasteiger partial charge in [-0.1, -0.05) is 36.4 Å². The average molecular weight is 420 g/mol. The zero-order chi connectivity index (χ0) is 21.4. The Bertz CT molecular complexity index is 977. The van der Waals surface area contributed by atoms with Crippen LogP contribution in [-0.4, -0.2) is 59.9 Å². The van der Waals surface area contributed by atoms with E-state index in [1.165, 1.54) is 16.0 Å². The molecule has 3 aliphatic rings. The summed E-state index contributed by atoms with van der Waals surface area (Å²) in [5.41, 5.74) is 3.79. The maximum absolute atomic E-state index is 13.0. The van der Waals surface area contributed by atoms with Crippen molar-refractivity contribution in [2.75, 3.05) is 33.3 Å². The number of carbonyl (C=O) groups is 2. The molecule has 0 N–H and O–H groups in total. The fourth-order valence-electron chi connectivity index (χ4n) is 5.32. The molecule has 162 valence electrons. The molecule has 0 aromatic heterocycles. The van der Waals surface area contributed by atoms with Gasteiger partial charge in [-0.3, -0.25) is 14.6 Å². The highest BCUT2D eigenvalue weighted by molar-refractivity contribution is 6.01. The Labute approximate surface area is 183 Å². The number of methoxy groups -OCH3 is 1. The maximum atomic E-state index is 13.0. The number of ether oxygens (including phenoxy) is 1. The highest BCUT2D eigenvalue weighted by atomic mass is 16.5. The number of imide groups is 1. The number of amides is 3. The number of nitrogens with zero attached hydrogens (tertiary/aromatic N) is 3. The maximum Gasteiger partial charge on any atom is 0.327 e. The molecular formula is C25H29N3O3. The molecule has 6 heteroatoms. The van der Waals surface area contributed by atoms with E-state index in [1.54, 1.807) is 12.0 Å². The van der Waals surface area contributed by atoms with Gasteiger partial charge in [0.2, 0.25) is 5.91 Å². The Balaban J connectivity index is 1.26. The van der Waals surface area contributed by atoms with Gasteiger partial charge in [0.05, 0.1) is 7.11 Å². The molecule has 0 bridgehead atoms. The fourth-order valence-corrected chi connectivity index (χ4v) is 5.32. The Hall–Kier alpha value is -2.86. The predicted octanol–water partition coefficient (Wildman–Crippen LogP) is 3.47. The molecule has 3 heterocycles. The van der Waals surface area contributed by atoms with Gasteiger partial charge in [0.1, 0.15) is 12.3 Å². The molecule has 0 radical (unpaired) electrons. The summed E-state index contributed by atoms with van der Waals surface area (Å²) in [5.74, 6) is 1.17. The summed E-state index contributed by atoms with van der Waals surface area (Å²) in [6.07, 6.45) is 3.05. The van der Waals surface area contributed by atoms with Crippen LogP contribution >= 0.6 is 0 Å². The monoisotopic (exact) mass is 419 g/mol. The van der Waals surface area contributed by atoms with Crippen molar-refractivity contribution in [1.82, 2.24) is 14.7 Å². The number of benzene rings is 2. The van der Waals surface area contributed by atoms with Crippen LogP contribution in [0.5, 0.6) is 5.75 Å². The van der Waals surface area contributed by atoms with E-state index >= 15 is 0 Å². The topological polar surface area (TPSA) is 53.1 Å². The number of hydrogen-bond donors (Lipinski definition) is 0. The normalized spacial score (nSPS) is 23.6. The lowest BCUT2D eigenvalue weighted by Crippen LogP contribution is -2.45. The van der Waals surface area contributed by atoms with Crippen molar-refractivity contribution in [2.24, 2.45) is 5.92 Å². The lowest BCUT2D eigenvalue weighted by Gasteiger charge is -2.44. The molecule has 0 saturated carbocycles. The fraction of sp³-hybridized carbons (Fsp3) is 0.440. The Kier molecular flexibility index (Phi) is 5.40. The molecule has 6 nitrogen and oxygen atoms in total. The number of hydrogen-bond acceptors (Lipinski definition) is 4. The molecule has 2 fully saturated rings. The smallest absolute Gasteiger partial charge is 0.327 e. The number of fused-ring (bicyclic) bond motifs is 3. The molecule has 2 aromatic carbocycles. The van der Waals surface area contributed by atoms with E-state index in [1.807, 2.05) is 36.4 Å². The van der Waals surface area contributed by atoms with Gasteiger partial charge in [-0.05, 0) is 60.5 Å². The average Bonchev–Trinajstić information content (AvgIpc) is 3.06. The van der Waals surface area contributed by atoms with Crippen LogP contribution < -0.4 is 4.74 Å². The number of carbonyl (C=O) groups excluding carboxylic acids is 2. The van der Waals surface area contributed by atoms with Crippen LogP contribution in [0.15, 0.2) is 48.5 Å². The van der Waals surface area contributed by atoms with E-state index < -0.39 is 0 Å². The molecule has 3 aliphatic heterocycles. The van der Waals surface area contributed by atoms with Gasteiger partial charge in [0.15, 0.2) is 0 Å². The van der Waals surface area contributed by atoms with E-state index in [9.17, 15) is 9.59 Å². The Morgan fingerprint density at radius 1 is 1.06 bits per heavy atom. The second-order valence-corrected chi connectivity index (χ2v) is 8.89. The summed E-state index contributed by atoms with van der Waals surface area (Å²) < 4.78 is 5.40. The summed E-state index contributed by atoms with van der Waals surface area (Å²) >= 11 is 0. The first-order valence-corrected chi connectivity index (χ1v) is 11.2. The summed E-state index contributed by atoms with van der Waals surface area (Å²) in [6, 6.07) is 16.5. The molecule has 2 atom stereocenters. The molecule has 2 aromatic rings. The van der Waals surface area contributed by atoms with Crippen molar-refractivity contribution < 1.29 is 14.3 Å². The van der Waals surface area contributed by atoms with Gasteiger partial charge in [0.25, 0.3) is 0 Å². The van der Waals surface area contributed by atoms with E-state index in [2.05, 4.69) is 17.0 Å². The summed E-state index contributed by atoms with van der Waals surface area (Å²) in [7, 11) is 1.71. The lowest BCUT2D eigenvalue weighted by atomic mass is 9.82. The standard InChI is InChI=1S/C25H29N3O3/c1-31-21-7-8-22-20(14-21)10-12-26-11-9-19(13-23(22)26)16-28-24(29)17-27(25(28)30)15-18-5-3-2-4-6-18/h2-8,14,19,23H,9-13,15-17H2,1H3/t19-,23+/m1/s1. The zero-order valence-corrected chi connectivity index (χ0v) is 18.0. The van der Waals surface area contributed by atoms with Gasteiger partial charge in [-0.2, -0.15) is 0 Å². The van der Waals surface area contributed by atoms with Gasteiger partial charge in [0, 0.05) is 25.7 Å². The van der Waals surface area contributed by atoms with Crippen LogP contribution in [0.2, 0.25) is 0 Å². The van der Waals surface area contributed by atoms with E-state index in [4.69, 9.17) is 4.74 Å². The molecule has 31 heavy (non-hydrogen) atoms. The second-order valence-electron chi connectivity index (χ2n) is 8.89. The lowest BCUT2D eigenvalue weighted by molar-refractivity contribution is -0.126. The molecule has 3 amide bonds. The first-order valence-electron chi connectivity index (χ1n) is 11.2.